The standard InChI is InChI=1S/C5H9NO/c1-2-5-3-4(1)6-7-5/h4-6H,1-3H2/t4?,5-/m0/s1. The molecule has 1 heterocycles. The van der Waals surface area contributed by atoms with Gasteiger partial charge < -0.3 is 0 Å². The summed E-state index contributed by atoms with van der Waals surface area (Å²) in [7, 11) is 0. The Kier molecular flexibility index (Phi) is 0.664. The summed E-state index contributed by atoms with van der Waals surface area (Å²) >= 11 is 0. The molecule has 2 rings (SSSR count). The van der Waals surface area contributed by atoms with E-state index in [-0.39, 0.29) is 0 Å². The molecule has 1 saturated heterocycles. The molecule has 1 aliphatic carbocycles. The fourth-order valence-electron chi connectivity index (χ4n) is 1.35. The van der Waals surface area contributed by atoms with Crippen LogP contribution in [0, 0.1) is 0 Å². The van der Waals surface area contributed by atoms with Crippen molar-refractivity contribution in [2.45, 2.75) is 31.4 Å². The summed E-state index contributed by atoms with van der Waals surface area (Å²) in [5, 5.41) is 0. The predicted octanol–water partition coefficient (Wildman–Crippen LogP) is 0.442. The molecule has 40 valence electrons. The molecular formula is C5H9NO. The number of hydrogen-bond donors (Lipinski definition) is 1. The minimum atomic E-state index is 0.560. The number of hydrogen-bond acceptors (Lipinski definition) is 2. The van der Waals surface area contributed by atoms with E-state index in [4.69, 9.17) is 4.84 Å². The normalized spacial score (nSPS) is 48.0. The molecule has 1 N–H and O–H groups in total. The Balaban J connectivity index is 2.12. The van der Waals surface area contributed by atoms with Gasteiger partial charge in [0.25, 0.3) is 0 Å². The second-order valence-electron chi connectivity index (χ2n) is 2.37. The van der Waals surface area contributed by atoms with Crippen molar-refractivity contribution >= 4 is 0 Å². The summed E-state index contributed by atoms with van der Waals surface area (Å²) in [4.78, 5) is 5.10. The van der Waals surface area contributed by atoms with E-state index in [2.05, 4.69) is 5.48 Å². The van der Waals surface area contributed by atoms with Crippen LogP contribution in [0.1, 0.15) is 19.3 Å². The van der Waals surface area contributed by atoms with E-state index in [0.29, 0.717) is 12.1 Å². The second kappa shape index (κ2) is 1.20. The van der Waals surface area contributed by atoms with Gasteiger partial charge in [0.15, 0.2) is 0 Å². The molecule has 2 aliphatic rings. The van der Waals surface area contributed by atoms with Gasteiger partial charge in [0, 0.05) is 6.04 Å². The van der Waals surface area contributed by atoms with Crippen LogP contribution in [-0.2, 0) is 4.84 Å². The molecule has 7 heavy (non-hydrogen) atoms. The van der Waals surface area contributed by atoms with Crippen molar-refractivity contribution in [3.05, 3.63) is 0 Å². The van der Waals surface area contributed by atoms with Crippen LogP contribution >= 0.6 is 0 Å². The van der Waals surface area contributed by atoms with Gasteiger partial charge in [-0.1, -0.05) is 0 Å². The quantitative estimate of drug-likeness (QED) is 0.476. The molecule has 1 unspecified atom stereocenters. The van der Waals surface area contributed by atoms with Gasteiger partial charge in [-0.2, -0.15) is 5.48 Å². The molecule has 0 radical (unpaired) electrons. The molecule has 2 atom stereocenters. The summed E-state index contributed by atoms with van der Waals surface area (Å²) in [6, 6.07) is 0.699. The largest absolute Gasteiger partial charge is 0.298 e. The number of nitrogens with one attached hydrogen (secondary N) is 1. The van der Waals surface area contributed by atoms with Gasteiger partial charge in [-0.25, -0.2) is 0 Å². The third kappa shape index (κ3) is 0.469. The fourth-order valence-corrected chi connectivity index (χ4v) is 1.35. The van der Waals surface area contributed by atoms with Crippen LogP contribution in [0.3, 0.4) is 0 Å². The van der Waals surface area contributed by atoms with Crippen molar-refractivity contribution in [2.75, 3.05) is 0 Å². The molecule has 2 nitrogen and oxygen atoms in total. The summed E-state index contributed by atoms with van der Waals surface area (Å²) in [6.07, 6.45) is 4.41. The second-order valence-corrected chi connectivity index (χ2v) is 2.37. The lowest BCUT2D eigenvalue weighted by molar-refractivity contribution is -0.000269. The average molecular weight is 99.1 g/mol. The predicted molar refractivity (Wildman–Crippen MR) is 25.6 cm³/mol. The highest BCUT2D eigenvalue weighted by atomic mass is 16.7. The minimum Gasteiger partial charge on any atom is -0.298 e. The lowest BCUT2D eigenvalue weighted by atomic mass is 10.3. The molecule has 0 aromatic carbocycles. The molecule has 2 fully saturated rings. The lowest BCUT2D eigenvalue weighted by Gasteiger charge is -2.08. The van der Waals surface area contributed by atoms with Crippen LogP contribution in [0.25, 0.3) is 0 Å². The van der Waals surface area contributed by atoms with Gasteiger partial charge in [-0.15, -0.1) is 0 Å². The van der Waals surface area contributed by atoms with Gasteiger partial charge in [0.1, 0.15) is 0 Å². The van der Waals surface area contributed by atoms with E-state index < -0.39 is 0 Å². The van der Waals surface area contributed by atoms with Crippen molar-refractivity contribution in [1.82, 2.24) is 5.48 Å². The molecule has 1 saturated carbocycles. The minimum absolute atomic E-state index is 0.560. The number of hydroxylamine groups is 1. The Hall–Kier alpha value is -0.0800. The van der Waals surface area contributed by atoms with Gasteiger partial charge in [0.05, 0.1) is 6.10 Å². The summed E-state index contributed by atoms with van der Waals surface area (Å²) in [6.45, 7) is 0. The van der Waals surface area contributed by atoms with Crippen LogP contribution in [0.2, 0.25) is 0 Å². The number of fused-ring (bicyclic) bond motifs is 2. The highest BCUT2D eigenvalue weighted by molar-refractivity contribution is 4.83. The Morgan fingerprint density at radius 1 is 1.43 bits per heavy atom. The first-order chi connectivity index (χ1) is 3.45. The third-order valence-corrected chi connectivity index (χ3v) is 1.79. The molecule has 2 heteroatoms. The van der Waals surface area contributed by atoms with Crippen LogP contribution in [0.15, 0.2) is 0 Å². The van der Waals surface area contributed by atoms with Crippen LogP contribution in [0.4, 0.5) is 0 Å². The summed E-state index contributed by atoms with van der Waals surface area (Å²) in [5.41, 5.74) is 2.96. The molecule has 2 bridgehead atoms. The maximum Gasteiger partial charge on any atom is 0.0806 e. The van der Waals surface area contributed by atoms with E-state index in [1.54, 1.807) is 0 Å². The van der Waals surface area contributed by atoms with Crippen molar-refractivity contribution in [2.24, 2.45) is 0 Å². The lowest BCUT2D eigenvalue weighted by Crippen LogP contribution is -2.22. The maximum atomic E-state index is 5.10. The maximum absolute atomic E-state index is 5.10. The van der Waals surface area contributed by atoms with E-state index >= 15 is 0 Å². The van der Waals surface area contributed by atoms with Crippen molar-refractivity contribution in [3.63, 3.8) is 0 Å². The highest BCUT2D eigenvalue weighted by Gasteiger charge is 2.31. The average Bonchev–Trinajstić information content (AvgIpc) is 2.22. The first-order valence-corrected chi connectivity index (χ1v) is 2.86. The highest BCUT2D eigenvalue weighted by Crippen LogP contribution is 2.26. The van der Waals surface area contributed by atoms with Crippen molar-refractivity contribution in [3.8, 4) is 0 Å². The van der Waals surface area contributed by atoms with Gasteiger partial charge in [-0.05, 0) is 19.3 Å². The Labute approximate surface area is 42.8 Å². The molecule has 0 aromatic heterocycles. The summed E-state index contributed by atoms with van der Waals surface area (Å²) < 4.78 is 0. The Bertz CT molecular complexity index is 66.1. The zero-order valence-corrected chi connectivity index (χ0v) is 4.18. The Morgan fingerprint density at radius 3 is 2.57 bits per heavy atom. The van der Waals surface area contributed by atoms with Gasteiger partial charge >= 0.3 is 0 Å². The molecule has 0 spiro atoms. The van der Waals surface area contributed by atoms with E-state index in [1.165, 1.54) is 19.3 Å². The van der Waals surface area contributed by atoms with E-state index in [0.717, 1.165) is 0 Å². The van der Waals surface area contributed by atoms with Crippen LogP contribution in [0.5, 0.6) is 0 Å². The third-order valence-electron chi connectivity index (χ3n) is 1.79. The number of rotatable bonds is 0. The molecule has 0 amide bonds. The van der Waals surface area contributed by atoms with Crippen LogP contribution < -0.4 is 5.48 Å². The molecule has 1 aliphatic heterocycles. The van der Waals surface area contributed by atoms with Gasteiger partial charge in [-0.3, -0.25) is 4.84 Å². The summed E-state index contributed by atoms with van der Waals surface area (Å²) in [5.74, 6) is 0. The topological polar surface area (TPSA) is 21.3 Å². The SMILES string of the molecule is C1C[C@H]2CC1NO2. The van der Waals surface area contributed by atoms with Crippen LogP contribution in [-0.4, -0.2) is 12.1 Å². The molecular weight excluding hydrogens is 90.1 g/mol. The van der Waals surface area contributed by atoms with E-state index in [1.807, 2.05) is 0 Å². The fraction of sp³-hybridized carbons (Fsp3) is 1.00. The smallest absolute Gasteiger partial charge is 0.0806 e. The monoisotopic (exact) mass is 99.1 g/mol. The zero-order valence-electron chi connectivity index (χ0n) is 4.18. The zero-order chi connectivity index (χ0) is 4.69. The van der Waals surface area contributed by atoms with E-state index in [9.17, 15) is 0 Å². The molecule has 0 aromatic rings. The first-order valence-electron chi connectivity index (χ1n) is 2.86. The van der Waals surface area contributed by atoms with Crippen molar-refractivity contribution < 1.29 is 4.84 Å². The first kappa shape index (κ1) is 3.87. The Morgan fingerprint density at radius 2 is 2.43 bits per heavy atom. The van der Waals surface area contributed by atoms with Gasteiger partial charge in [0.2, 0.25) is 0 Å². The van der Waals surface area contributed by atoms with Crippen molar-refractivity contribution in [1.29, 1.82) is 0 Å².